The molecule has 30 heavy (non-hydrogen) atoms. The molecule has 10 heteroatoms. The van der Waals surface area contributed by atoms with E-state index < -0.39 is 6.36 Å². The first-order chi connectivity index (χ1) is 14.2. The highest BCUT2D eigenvalue weighted by Gasteiger charge is 2.31. The molecule has 1 heterocycles. The summed E-state index contributed by atoms with van der Waals surface area (Å²) < 4.78 is 51.9. The van der Waals surface area contributed by atoms with E-state index >= 15 is 0 Å². The molecule has 1 aromatic carbocycles. The Morgan fingerprint density at radius 2 is 1.97 bits per heavy atom. The molecule has 166 valence electrons. The number of hydrogen-bond acceptors (Lipinski definition) is 6. The highest BCUT2D eigenvalue weighted by molar-refractivity contribution is 5.95. The zero-order valence-electron chi connectivity index (χ0n) is 17.2. The maximum absolute atomic E-state index is 12.6. The summed E-state index contributed by atoms with van der Waals surface area (Å²) in [5.41, 5.74) is 0.533. The number of alkyl halides is 3. The van der Waals surface area contributed by atoms with Gasteiger partial charge in [-0.2, -0.15) is 4.99 Å². The molecule has 1 N–H and O–H groups in total. The van der Waals surface area contributed by atoms with Crippen molar-refractivity contribution in [2.45, 2.75) is 32.0 Å². The molecule has 0 saturated heterocycles. The van der Waals surface area contributed by atoms with E-state index in [4.69, 9.17) is 9.47 Å². The number of nitrogens with zero attached hydrogens (tertiary/aromatic N) is 2. The number of carbonyl (C=O) groups is 1. The van der Waals surface area contributed by atoms with E-state index in [1.165, 1.54) is 18.2 Å². The number of carbonyl (C=O) groups excluding carboxylic acids is 1. The van der Waals surface area contributed by atoms with Gasteiger partial charge in [-0.05, 0) is 31.4 Å². The number of methoxy groups -OCH3 is 1. The van der Waals surface area contributed by atoms with E-state index in [-0.39, 0.29) is 17.4 Å². The van der Waals surface area contributed by atoms with Gasteiger partial charge in [0, 0.05) is 46.8 Å². The lowest BCUT2D eigenvalue weighted by Crippen LogP contribution is -2.29. The first-order valence-electron chi connectivity index (χ1n) is 9.48. The van der Waals surface area contributed by atoms with Gasteiger partial charge >= 0.3 is 6.36 Å². The Kier molecular flexibility index (Phi) is 8.52. The third-order valence-corrected chi connectivity index (χ3v) is 4.10. The zero-order valence-corrected chi connectivity index (χ0v) is 17.2. The molecule has 1 aromatic rings. The van der Waals surface area contributed by atoms with Crippen LogP contribution in [0.5, 0.6) is 11.5 Å². The van der Waals surface area contributed by atoms with Crippen molar-refractivity contribution in [3.63, 3.8) is 0 Å². The first-order valence-corrected chi connectivity index (χ1v) is 9.48. The number of ether oxygens (including phenoxy) is 3. The first kappa shape index (κ1) is 23.5. The van der Waals surface area contributed by atoms with Gasteiger partial charge in [0.15, 0.2) is 5.90 Å². The van der Waals surface area contributed by atoms with E-state index in [0.717, 1.165) is 6.07 Å². The number of aliphatic imine (C=N–C) groups is 1. The van der Waals surface area contributed by atoms with Crippen LogP contribution in [0.25, 0.3) is 0 Å². The summed E-state index contributed by atoms with van der Waals surface area (Å²) in [4.78, 5) is 18.8. The van der Waals surface area contributed by atoms with Gasteiger partial charge in [-0.1, -0.05) is 6.07 Å². The second-order valence-corrected chi connectivity index (χ2v) is 6.78. The molecule has 0 spiro atoms. The van der Waals surface area contributed by atoms with Crippen LogP contribution in [-0.2, 0) is 9.53 Å². The monoisotopic (exact) mass is 429 g/mol. The number of nitrogens with one attached hydrogen (secondary N) is 1. The SMILES string of the molecule is COCCCNC(=O)C1=C(N(C)C)N=C(Oc2cccc(OC(F)(F)F)c2)CCC1. The quantitative estimate of drug-likeness (QED) is 0.641. The van der Waals surface area contributed by atoms with Crippen LogP contribution in [0.1, 0.15) is 25.7 Å². The summed E-state index contributed by atoms with van der Waals surface area (Å²) in [6.45, 7) is 1.03. The van der Waals surface area contributed by atoms with Crippen molar-refractivity contribution in [2.75, 3.05) is 34.4 Å². The van der Waals surface area contributed by atoms with E-state index in [2.05, 4.69) is 15.0 Å². The van der Waals surface area contributed by atoms with Gasteiger partial charge in [0.25, 0.3) is 5.91 Å². The Labute approximate surface area is 173 Å². The summed E-state index contributed by atoms with van der Waals surface area (Å²) in [6.07, 6.45) is -2.55. The molecule has 0 fully saturated rings. The van der Waals surface area contributed by atoms with Gasteiger partial charge in [-0.3, -0.25) is 4.79 Å². The van der Waals surface area contributed by atoms with Crippen LogP contribution in [-0.4, -0.2) is 57.4 Å². The molecule has 0 aromatic heterocycles. The molecule has 0 saturated carbocycles. The maximum Gasteiger partial charge on any atom is 0.573 e. The van der Waals surface area contributed by atoms with Crippen molar-refractivity contribution in [3.8, 4) is 11.5 Å². The third-order valence-electron chi connectivity index (χ3n) is 4.10. The van der Waals surface area contributed by atoms with Crippen molar-refractivity contribution in [1.82, 2.24) is 10.2 Å². The van der Waals surface area contributed by atoms with Gasteiger partial charge in [-0.25, -0.2) is 0 Å². The molecule has 1 amide bonds. The lowest BCUT2D eigenvalue weighted by molar-refractivity contribution is -0.274. The molecule has 0 atom stereocenters. The number of amides is 1. The van der Waals surface area contributed by atoms with E-state index in [1.807, 2.05) is 0 Å². The van der Waals surface area contributed by atoms with Crippen LogP contribution in [0.3, 0.4) is 0 Å². The van der Waals surface area contributed by atoms with Gasteiger partial charge in [0.1, 0.15) is 17.3 Å². The lowest BCUT2D eigenvalue weighted by atomic mass is 10.1. The zero-order chi connectivity index (χ0) is 22.1. The van der Waals surface area contributed by atoms with Gasteiger partial charge in [0.2, 0.25) is 0 Å². The van der Waals surface area contributed by atoms with Gasteiger partial charge in [-0.15, -0.1) is 13.2 Å². The average Bonchev–Trinajstić information content (AvgIpc) is 2.87. The number of halogens is 3. The highest BCUT2D eigenvalue weighted by Crippen LogP contribution is 2.27. The number of rotatable bonds is 8. The molecule has 0 radical (unpaired) electrons. The van der Waals surface area contributed by atoms with E-state index in [1.54, 1.807) is 26.1 Å². The number of benzene rings is 1. The molecule has 1 aliphatic heterocycles. The summed E-state index contributed by atoms with van der Waals surface area (Å²) in [7, 11) is 5.12. The largest absolute Gasteiger partial charge is 0.573 e. The predicted molar refractivity (Wildman–Crippen MR) is 105 cm³/mol. The second-order valence-electron chi connectivity index (χ2n) is 6.78. The molecule has 2 rings (SSSR count). The third kappa shape index (κ3) is 7.58. The minimum absolute atomic E-state index is 0.168. The van der Waals surface area contributed by atoms with Crippen LogP contribution >= 0.6 is 0 Å². The van der Waals surface area contributed by atoms with Gasteiger partial charge < -0.3 is 24.4 Å². The van der Waals surface area contributed by atoms with Crippen LogP contribution in [0.4, 0.5) is 13.2 Å². The normalized spacial score (nSPS) is 14.7. The second kappa shape index (κ2) is 10.9. The fourth-order valence-corrected chi connectivity index (χ4v) is 2.82. The Hall–Kier alpha value is -2.75. The van der Waals surface area contributed by atoms with Crippen molar-refractivity contribution >= 4 is 11.8 Å². The van der Waals surface area contributed by atoms with Crippen molar-refractivity contribution in [3.05, 3.63) is 35.7 Å². The number of hydrogen-bond donors (Lipinski definition) is 1. The lowest BCUT2D eigenvalue weighted by Gasteiger charge is -2.17. The van der Waals surface area contributed by atoms with Crippen molar-refractivity contribution in [1.29, 1.82) is 0 Å². The standard InChI is InChI=1S/C20H26F3N3O4/c1-26(2)18-16(19(27)24-11-6-12-28-3)9-5-10-17(25-18)29-14-7-4-8-15(13-14)30-20(21,22)23/h4,7-8,13H,5-6,9-12H2,1-3H3,(H,24,27). The molecule has 1 aliphatic rings. The minimum Gasteiger partial charge on any atom is -0.443 e. The minimum atomic E-state index is -4.79. The molecular weight excluding hydrogens is 403 g/mol. The molecule has 0 aliphatic carbocycles. The molecule has 7 nitrogen and oxygen atoms in total. The molecular formula is C20H26F3N3O4. The smallest absolute Gasteiger partial charge is 0.443 e. The van der Waals surface area contributed by atoms with Crippen LogP contribution in [0.2, 0.25) is 0 Å². The topological polar surface area (TPSA) is 72.4 Å². The Morgan fingerprint density at radius 1 is 1.23 bits per heavy atom. The predicted octanol–water partition coefficient (Wildman–Crippen LogP) is 3.47. The fraction of sp³-hybridized carbons (Fsp3) is 0.500. The molecule has 0 unspecified atom stereocenters. The maximum atomic E-state index is 12.6. The van der Waals surface area contributed by atoms with E-state index in [0.29, 0.717) is 56.1 Å². The van der Waals surface area contributed by atoms with Gasteiger partial charge in [0.05, 0.1) is 5.57 Å². The average molecular weight is 429 g/mol. The van der Waals surface area contributed by atoms with E-state index in [9.17, 15) is 18.0 Å². The summed E-state index contributed by atoms with van der Waals surface area (Å²) >= 11 is 0. The Balaban J connectivity index is 2.18. The van der Waals surface area contributed by atoms with Crippen LogP contribution < -0.4 is 14.8 Å². The van der Waals surface area contributed by atoms with Crippen molar-refractivity contribution in [2.24, 2.45) is 4.99 Å². The fourth-order valence-electron chi connectivity index (χ4n) is 2.82. The Morgan fingerprint density at radius 3 is 2.63 bits per heavy atom. The summed E-state index contributed by atoms with van der Waals surface area (Å²) in [5.74, 6) is 0.342. The molecule has 0 bridgehead atoms. The van der Waals surface area contributed by atoms with Crippen LogP contribution in [0, 0.1) is 0 Å². The van der Waals surface area contributed by atoms with Crippen molar-refractivity contribution < 1.29 is 32.2 Å². The Bertz CT molecular complexity index is 792. The van der Waals surface area contributed by atoms with Crippen LogP contribution in [0.15, 0.2) is 40.7 Å². The summed E-state index contributed by atoms with van der Waals surface area (Å²) in [6, 6.07) is 5.24. The highest BCUT2D eigenvalue weighted by atomic mass is 19.4. The summed E-state index contributed by atoms with van der Waals surface area (Å²) in [5, 5.41) is 2.86.